The number of likely N-dealkylation sites (tertiary alicyclic amines) is 1. The maximum atomic E-state index is 12.8. The molecular formula is C25H26N4O4S. The van der Waals surface area contributed by atoms with Gasteiger partial charge in [0.25, 0.3) is 11.8 Å². The van der Waals surface area contributed by atoms with Gasteiger partial charge >= 0.3 is 0 Å². The van der Waals surface area contributed by atoms with E-state index in [1.807, 2.05) is 24.3 Å². The molecule has 3 heterocycles. The van der Waals surface area contributed by atoms with E-state index in [9.17, 15) is 14.4 Å². The van der Waals surface area contributed by atoms with Crippen molar-refractivity contribution in [2.24, 2.45) is 4.99 Å². The fraction of sp³-hybridized carbons (Fsp3) is 0.360. The van der Waals surface area contributed by atoms with Crippen molar-refractivity contribution in [3.63, 3.8) is 0 Å². The van der Waals surface area contributed by atoms with Crippen molar-refractivity contribution >= 4 is 40.3 Å². The van der Waals surface area contributed by atoms with Crippen LogP contribution >= 0.6 is 11.8 Å². The van der Waals surface area contributed by atoms with Crippen LogP contribution in [0.25, 0.3) is 0 Å². The van der Waals surface area contributed by atoms with Crippen LogP contribution in [0, 0.1) is 0 Å². The third-order valence-electron chi connectivity index (χ3n) is 6.17. The van der Waals surface area contributed by atoms with Gasteiger partial charge in [0, 0.05) is 42.7 Å². The monoisotopic (exact) mass is 478 g/mol. The van der Waals surface area contributed by atoms with E-state index < -0.39 is 5.25 Å². The first kappa shape index (κ1) is 22.5. The predicted octanol–water partition coefficient (Wildman–Crippen LogP) is 3.36. The van der Waals surface area contributed by atoms with E-state index in [-0.39, 0.29) is 30.2 Å². The summed E-state index contributed by atoms with van der Waals surface area (Å²) in [7, 11) is 0. The smallest absolute Gasteiger partial charge is 0.262 e. The number of amides is 3. The van der Waals surface area contributed by atoms with Crippen LogP contribution in [0.1, 0.15) is 47.6 Å². The van der Waals surface area contributed by atoms with Gasteiger partial charge in [-0.15, -0.1) is 0 Å². The number of fused-ring (bicyclic) bond motifs is 1. The van der Waals surface area contributed by atoms with E-state index in [1.165, 1.54) is 11.8 Å². The molecule has 34 heavy (non-hydrogen) atoms. The second kappa shape index (κ2) is 9.89. The zero-order valence-corrected chi connectivity index (χ0v) is 19.5. The van der Waals surface area contributed by atoms with Gasteiger partial charge in [-0.3, -0.25) is 14.4 Å². The summed E-state index contributed by atoms with van der Waals surface area (Å²) in [5, 5.41) is 6.14. The normalized spacial score (nSPS) is 21.5. The Morgan fingerprint density at radius 1 is 1.09 bits per heavy atom. The Morgan fingerprint density at radius 2 is 1.85 bits per heavy atom. The lowest BCUT2D eigenvalue weighted by Crippen LogP contribution is -2.32. The number of aliphatic imine (C=N–C) groups is 1. The van der Waals surface area contributed by atoms with Gasteiger partial charge in [-0.05, 0) is 43.2 Å². The standard InChI is InChI=1S/C25H26N4O4S/c30-22(15-21-24(32)28-25(34-21)29-12-3-4-13-29)26-17-9-7-16(8-10-17)23(31)27-19-11-14-33-20-6-2-1-5-18(19)20/h1-2,5-10,19,21H,3-4,11-15H2,(H,26,30)(H,27,31). The van der Waals surface area contributed by atoms with Crippen LogP contribution in [0.4, 0.5) is 5.69 Å². The van der Waals surface area contributed by atoms with E-state index >= 15 is 0 Å². The number of hydrogen-bond donors (Lipinski definition) is 2. The van der Waals surface area contributed by atoms with Crippen molar-refractivity contribution < 1.29 is 19.1 Å². The number of hydrogen-bond acceptors (Lipinski definition) is 6. The molecule has 5 rings (SSSR count). The third kappa shape index (κ3) is 4.94. The van der Waals surface area contributed by atoms with E-state index in [2.05, 4.69) is 20.5 Å². The summed E-state index contributed by atoms with van der Waals surface area (Å²) in [6.45, 7) is 2.39. The van der Waals surface area contributed by atoms with Gasteiger partial charge in [0.15, 0.2) is 5.17 Å². The first-order valence-electron chi connectivity index (χ1n) is 11.5. The van der Waals surface area contributed by atoms with Crippen LogP contribution in [-0.2, 0) is 9.59 Å². The van der Waals surface area contributed by atoms with E-state index in [1.54, 1.807) is 24.3 Å². The first-order chi connectivity index (χ1) is 16.6. The molecular weight excluding hydrogens is 452 g/mol. The average molecular weight is 479 g/mol. The third-order valence-corrected chi connectivity index (χ3v) is 7.38. The zero-order chi connectivity index (χ0) is 23.5. The predicted molar refractivity (Wildman–Crippen MR) is 131 cm³/mol. The minimum Gasteiger partial charge on any atom is -0.493 e. The van der Waals surface area contributed by atoms with Crippen LogP contribution < -0.4 is 15.4 Å². The van der Waals surface area contributed by atoms with Crippen LogP contribution in [0.3, 0.4) is 0 Å². The first-order valence-corrected chi connectivity index (χ1v) is 12.4. The molecule has 8 nitrogen and oxygen atoms in total. The minimum absolute atomic E-state index is 0.0652. The van der Waals surface area contributed by atoms with Gasteiger partial charge in [0.2, 0.25) is 5.91 Å². The number of ether oxygens (including phenoxy) is 1. The van der Waals surface area contributed by atoms with E-state index in [0.717, 1.165) is 42.4 Å². The summed E-state index contributed by atoms with van der Waals surface area (Å²) in [5.41, 5.74) is 2.06. The molecule has 2 N–H and O–H groups in total. The van der Waals surface area contributed by atoms with Crippen molar-refractivity contribution in [1.29, 1.82) is 0 Å². The highest BCUT2D eigenvalue weighted by Gasteiger charge is 2.33. The Morgan fingerprint density at radius 3 is 2.65 bits per heavy atom. The largest absolute Gasteiger partial charge is 0.493 e. The molecule has 0 saturated carbocycles. The highest BCUT2D eigenvalue weighted by atomic mass is 32.2. The molecule has 0 bridgehead atoms. The Kier molecular flexibility index (Phi) is 6.53. The zero-order valence-electron chi connectivity index (χ0n) is 18.7. The number of para-hydroxylation sites is 1. The summed E-state index contributed by atoms with van der Waals surface area (Å²) in [5.74, 6) is 0.122. The number of nitrogens with zero attached hydrogens (tertiary/aromatic N) is 2. The number of carbonyl (C=O) groups is 3. The van der Waals surface area contributed by atoms with Crippen molar-refractivity contribution in [2.75, 3.05) is 25.0 Å². The number of benzene rings is 2. The van der Waals surface area contributed by atoms with Crippen LogP contribution in [0.5, 0.6) is 5.75 Å². The van der Waals surface area contributed by atoms with Gasteiger partial charge in [-0.2, -0.15) is 4.99 Å². The lowest BCUT2D eigenvalue weighted by atomic mass is 10.00. The van der Waals surface area contributed by atoms with Gasteiger partial charge in [0.1, 0.15) is 11.0 Å². The molecule has 0 aromatic heterocycles. The molecule has 9 heteroatoms. The highest BCUT2D eigenvalue weighted by molar-refractivity contribution is 8.15. The topological polar surface area (TPSA) is 100 Å². The van der Waals surface area contributed by atoms with Gasteiger partial charge in [-0.25, -0.2) is 0 Å². The number of thioether (sulfide) groups is 1. The molecule has 1 fully saturated rings. The number of amidine groups is 1. The highest BCUT2D eigenvalue weighted by Crippen LogP contribution is 2.32. The van der Waals surface area contributed by atoms with Gasteiger partial charge < -0.3 is 20.3 Å². The second-order valence-corrected chi connectivity index (χ2v) is 9.73. The SMILES string of the molecule is O=C(CC1SC(N2CCCC2)=NC1=O)Nc1ccc(C(=O)NC2CCOc3ccccc32)cc1. The lowest BCUT2D eigenvalue weighted by molar-refractivity contribution is -0.121. The van der Waals surface area contributed by atoms with Crippen molar-refractivity contribution in [3.05, 3.63) is 59.7 Å². The molecule has 3 aliphatic heterocycles. The lowest BCUT2D eigenvalue weighted by Gasteiger charge is -2.26. The van der Waals surface area contributed by atoms with Gasteiger partial charge in [-0.1, -0.05) is 30.0 Å². The molecule has 1 saturated heterocycles. The fourth-order valence-corrected chi connectivity index (χ4v) is 5.49. The fourth-order valence-electron chi connectivity index (χ4n) is 4.37. The molecule has 2 aromatic rings. The van der Waals surface area contributed by atoms with E-state index in [0.29, 0.717) is 24.3 Å². The Hall–Kier alpha value is -3.33. The maximum absolute atomic E-state index is 12.8. The molecule has 176 valence electrons. The Labute approximate surface area is 202 Å². The summed E-state index contributed by atoms with van der Waals surface area (Å²) in [4.78, 5) is 43.7. The Bertz CT molecular complexity index is 1130. The number of carbonyl (C=O) groups excluding carboxylic acids is 3. The van der Waals surface area contributed by atoms with Crippen molar-refractivity contribution in [2.45, 2.75) is 37.0 Å². The van der Waals surface area contributed by atoms with Crippen molar-refractivity contribution in [3.8, 4) is 5.75 Å². The van der Waals surface area contributed by atoms with Crippen LogP contribution in [0.15, 0.2) is 53.5 Å². The molecule has 2 aromatic carbocycles. The van der Waals surface area contributed by atoms with E-state index in [4.69, 9.17) is 4.74 Å². The molecule has 3 amide bonds. The quantitative estimate of drug-likeness (QED) is 0.684. The number of rotatable bonds is 5. The number of nitrogens with one attached hydrogen (secondary N) is 2. The Balaban J connectivity index is 1.14. The molecule has 0 aliphatic carbocycles. The van der Waals surface area contributed by atoms with Crippen molar-refractivity contribution in [1.82, 2.24) is 10.2 Å². The summed E-state index contributed by atoms with van der Waals surface area (Å²) in [6.07, 6.45) is 2.98. The molecule has 0 spiro atoms. The molecule has 0 radical (unpaired) electrons. The maximum Gasteiger partial charge on any atom is 0.262 e. The summed E-state index contributed by atoms with van der Waals surface area (Å²) in [6, 6.07) is 14.4. The average Bonchev–Trinajstić information content (AvgIpc) is 3.50. The summed E-state index contributed by atoms with van der Waals surface area (Å²) >= 11 is 1.38. The van der Waals surface area contributed by atoms with Crippen LogP contribution in [0.2, 0.25) is 0 Å². The number of anilines is 1. The molecule has 2 atom stereocenters. The molecule has 2 unspecified atom stereocenters. The molecule has 3 aliphatic rings. The summed E-state index contributed by atoms with van der Waals surface area (Å²) < 4.78 is 5.66. The second-order valence-electron chi connectivity index (χ2n) is 8.56. The van der Waals surface area contributed by atoms with Crippen LogP contribution in [-0.4, -0.2) is 52.7 Å². The van der Waals surface area contributed by atoms with Gasteiger partial charge in [0.05, 0.1) is 12.6 Å². The minimum atomic E-state index is -0.483.